The van der Waals surface area contributed by atoms with Gasteiger partial charge in [-0.25, -0.2) is 8.42 Å². The lowest BCUT2D eigenvalue weighted by atomic mass is 9.94. The van der Waals surface area contributed by atoms with Crippen molar-refractivity contribution in [1.82, 2.24) is 10.2 Å². The Morgan fingerprint density at radius 1 is 0.902 bits per heavy atom. The average molecular weight is 617 g/mol. The van der Waals surface area contributed by atoms with E-state index in [9.17, 15) is 18.0 Å². The van der Waals surface area contributed by atoms with Crippen LogP contribution in [0.3, 0.4) is 0 Å². The highest BCUT2D eigenvalue weighted by Crippen LogP contribution is 2.31. The van der Waals surface area contributed by atoms with Gasteiger partial charge in [0.05, 0.1) is 17.0 Å². The SMILES string of the molecule is CS(=O)(=O)N(CC(=O)N(Cc1ccccc1)[C@H](Cc1ccccc1)C(=O)NC1CCCCC1)c1ccc(Cl)cc1Cl. The molecule has 41 heavy (non-hydrogen) atoms. The number of hydrogen-bond donors (Lipinski definition) is 1. The highest BCUT2D eigenvalue weighted by atomic mass is 35.5. The number of nitrogens with zero attached hydrogens (tertiary/aromatic N) is 2. The van der Waals surface area contributed by atoms with Crippen LogP contribution in [0.4, 0.5) is 5.69 Å². The minimum Gasteiger partial charge on any atom is -0.352 e. The highest BCUT2D eigenvalue weighted by Gasteiger charge is 2.34. The monoisotopic (exact) mass is 615 g/mol. The Hall–Kier alpha value is -3.07. The summed E-state index contributed by atoms with van der Waals surface area (Å²) in [6.07, 6.45) is 6.33. The summed E-state index contributed by atoms with van der Waals surface area (Å²) in [5, 5.41) is 3.63. The van der Waals surface area contributed by atoms with Gasteiger partial charge >= 0.3 is 0 Å². The average Bonchev–Trinajstić information content (AvgIpc) is 2.95. The van der Waals surface area contributed by atoms with Gasteiger partial charge in [-0.3, -0.25) is 13.9 Å². The van der Waals surface area contributed by atoms with Crippen molar-refractivity contribution in [2.24, 2.45) is 0 Å². The maximum absolute atomic E-state index is 14.2. The molecule has 4 rings (SSSR count). The van der Waals surface area contributed by atoms with Crippen molar-refractivity contribution < 1.29 is 18.0 Å². The van der Waals surface area contributed by atoms with Gasteiger partial charge in [0.15, 0.2) is 0 Å². The lowest BCUT2D eigenvalue weighted by Crippen LogP contribution is -2.55. The molecule has 7 nitrogen and oxygen atoms in total. The number of carbonyl (C=O) groups excluding carboxylic acids is 2. The summed E-state index contributed by atoms with van der Waals surface area (Å²) >= 11 is 12.4. The van der Waals surface area contributed by atoms with Gasteiger partial charge in [0.2, 0.25) is 21.8 Å². The number of halogens is 2. The third kappa shape index (κ3) is 8.71. The van der Waals surface area contributed by atoms with Crippen molar-refractivity contribution >= 4 is 50.7 Å². The van der Waals surface area contributed by atoms with E-state index in [1.54, 1.807) is 0 Å². The molecule has 0 bridgehead atoms. The number of anilines is 1. The van der Waals surface area contributed by atoms with E-state index in [0.29, 0.717) is 5.02 Å². The number of sulfonamides is 1. The molecule has 0 spiro atoms. The Kier molecular flexibility index (Phi) is 10.7. The van der Waals surface area contributed by atoms with Crippen molar-refractivity contribution in [1.29, 1.82) is 0 Å². The van der Waals surface area contributed by atoms with Crippen LogP contribution in [0.2, 0.25) is 10.0 Å². The topological polar surface area (TPSA) is 86.8 Å². The molecule has 0 radical (unpaired) electrons. The number of amides is 2. The summed E-state index contributed by atoms with van der Waals surface area (Å²) in [5.74, 6) is -0.773. The van der Waals surface area contributed by atoms with Crippen LogP contribution in [-0.4, -0.2) is 50.0 Å². The molecular formula is C31H35Cl2N3O4S. The van der Waals surface area contributed by atoms with Crippen molar-refractivity contribution in [3.05, 3.63) is 100 Å². The zero-order chi connectivity index (χ0) is 29.4. The number of nitrogens with one attached hydrogen (secondary N) is 1. The summed E-state index contributed by atoms with van der Waals surface area (Å²) in [6.45, 7) is -0.407. The van der Waals surface area contributed by atoms with E-state index in [-0.39, 0.29) is 35.6 Å². The summed E-state index contributed by atoms with van der Waals surface area (Å²) in [7, 11) is -3.92. The molecule has 0 aliphatic heterocycles. The molecule has 1 atom stereocenters. The Labute approximate surface area is 252 Å². The van der Waals surface area contributed by atoms with E-state index in [2.05, 4.69) is 5.32 Å². The van der Waals surface area contributed by atoms with E-state index in [0.717, 1.165) is 53.8 Å². The van der Waals surface area contributed by atoms with Crippen LogP contribution in [0.5, 0.6) is 0 Å². The zero-order valence-electron chi connectivity index (χ0n) is 23.0. The van der Waals surface area contributed by atoms with Gasteiger partial charge in [-0.15, -0.1) is 0 Å². The molecule has 3 aromatic carbocycles. The lowest BCUT2D eigenvalue weighted by molar-refractivity contribution is -0.140. The Balaban J connectivity index is 1.72. The van der Waals surface area contributed by atoms with E-state index in [1.807, 2.05) is 60.7 Å². The summed E-state index contributed by atoms with van der Waals surface area (Å²) < 4.78 is 26.8. The molecule has 0 unspecified atom stereocenters. The molecular weight excluding hydrogens is 581 g/mol. The Bertz CT molecular complexity index is 1430. The summed E-state index contributed by atoms with van der Waals surface area (Å²) in [6, 6.07) is 22.5. The largest absolute Gasteiger partial charge is 0.352 e. The van der Waals surface area contributed by atoms with Crippen LogP contribution in [0.15, 0.2) is 78.9 Å². The number of rotatable bonds is 11. The third-order valence-corrected chi connectivity index (χ3v) is 8.94. The van der Waals surface area contributed by atoms with E-state index in [4.69, 9.17) is 23.2 Å². The van der Waals surface area contributed by atoms with Crippen LogP contribution >= 0.6 is 23.2 Å². The standard InChI is InChI=1S/C31H35Cl2N3O4S/c1-41(39,40)36(28-18-17-25(32)20-27(28)33)22-30(37)35(21-24-13-7-3-8-14-24)29(19-23-11-5-2-6-12-23)31(38)34-26-15-9-4-10-16-26/h2-3,5-8,11-14,17-18,20,26,29H,4,9-10,15-16,19,21-22H2,1H3,(H,34,38)/t29-/m1/s1. The van der Waals surface area contributed by atoms with E-state index >= 15 is 0 Å². The second-order valence-corrected chi connectivity index (χ2v) is 13.2. The molecule has 0 saturated heterocycles. The zero-order valence-corrected chi connectivity index (χ0v) is 25.3. The smallest absolute Gasteiger partial charge is 0.244 e. The van der Waals surface area contributed by atoms with Gasteiger partial charge in [0.25, 0.3) is 0 Å². The first-order valence-electron chi connectivity index (χ1n) is 13.7. The van der Waals surface area contributed by atoms with Crippen molar-refractivity contribution in [3.8, 4) is 0 Å². The molecule has 0 heterocycles. The van der Waals surface area contributed by atoms with Crippen LogP contribution in [0.25, 0.3) is 0 Å². The first-order valence-corrected chi connectivity index (χ1v) is 16.3. The Morgan fingerprint density at radius 2 is 1.51 bits per heavy atom. The highest BCUT2D eigenvalue weighted by molar-refractivity contribution is 7.92. The molecule has 10 heteroatoms. The predicted molar refractivity (Wildman–Crippen MR) is 165 cm³/mol. The minimum absolute atomic E-state index is 0.0450. The van der Waals surface area contributed by atoms with Crippen LogP contribution in [-0.2, 0) is 32.6 Å². The molecule has 2 amide bonds. The molecule has 218 valence electrons. The van der Waals surface area contributed by atoms with Crippen LogP contribution < -0.4 is 9.62 Å². The van der Waals surface area contributed by atoms with Gasteiger partial charge in [-0.1, -0.05) is 103 Å². The molecule has 3 aromatic rings. The number of carbonyl (C=O) groups is 2. The first kappa shape index (κ1) is 30.9. The van der Waals surface area contributed by atoms with Gasteiger partial charge in [-0.05, 0) is 42.2 Å². The summed E-state index contributed by atoms with van der Waals surface area (Å²) in [4.78, 5) is 29.6. The normalized spacial score (nSPS) is 14.7. The van der Waals surface area contributed by atoms with E-state index < -0.39 is 28.5 Å². The number of hydrogen-bond acceptors (Lipinski definition) is 4. The molecule has 1 aliphatic rings. The second-order valence-electron chi connectivity index (χ2n) is 10.4. The Morgan fingerprint density at radius 3 is 2.10 bits per heavy atom. The lowest BCUT2D eigenvalue weighted by Gasteiger charge is -2.35. The number of benzene rings is 3. The molecule has 0 aromatic heterocycles. The molecule has 1 N–H and O–H groups in total. The maximum atomic E-state index is 14.2. The van der Waals surface area contributed by atoms with Gasteiger partial charge in [-0.2, -0.15) is 0 Å². The second kappa shape index (κ2) is 14.2. The van der Waals surface area contributed by atoms with Crippen molar-refractivity contribution in [2.75, 3.05) is 17.1 Å². The molecule has 1 aliphatic carbocycles. The fourth-order valence-electron chi connectivity index (χ4n) is 5.16. The molecule has 1 saturated carbocycles. The van der Waals surface area contributed by atoms with Crippen LogP contribution in [0.1, 0.15) is 43.2 Å². The van der Waals surface area contributed by atoms with Crippen molar-refractivity contribution in [3.63, 3.8) is 0 Å². The quantitative estimate of drug-likeness (QED) is 0.293. The first-order chi connectivity index (χ1) is 19.6. The summed E-state index contributed by atoms with van der Waals surface area (Å²) in [5.41, 5.74) is 1.85. The molecule has 1 fully saturated rings. The fourth-order valence-corrected chi connectivity index (χ4v) is 6.58. The minimum atomic E-state index is -3.92. The van der Waals surface area contributed by atoms with Gasteiger partial charge in [0, 0.05) is 24.0 Å². The maximum Gasteiger partial charge on any atom is 0.244 e. The third-order valence-electron chi connectivity index (χ3n) is 7.28. The van der Waals surface area contributed by atoms with E-state index in [1.165, 1.54) is 23.1 Å². The predicted octanol–water partition coefficient (Wildman–Crippen LogP) is 5.85. The van der Waals surface area contributed by atoms with Gasteiger partial charge < -0.3 is 10.2 Å². The van der Waals surface area contributed by atoms with Gasteiger partial charge in [0.1, 0.15) is 12.6 Å². The fraction of sp³-hybridized carbons (Fsp3) is 0.355. The van der Waals surface area contributed by atoms with Crippen molar-refractivity contribution in [2.45, 2.75) is 57.2 Å². The van der Waals surface area contributed by atoms with Crippen LogP contribution in [0, 0.1) is 0 Å².